The van der Waals surface area contributed by atoms with Gasteiger partial charge in [-0.25, -0.2) is 4.79 Å². The monoisotopic (exact) mass is 558 g/mol. The van der Waals surface area contributed by atoms with Crippen molar-refractivity contribution in [3.8, 4) is 0 Å². The number of fused-ring (bicyclic) bond motifs is 5. The average molecular weight is 559 g/mol. The molecule has 1 aromatic heterocycles. The van der Waals surface area contributed by atoms with E-state index in [1.54, 1.807) is 25.5 Å². The van der Waals surface area contributed by atoms with Crippen LogP contribution in [0.1, 0.15) is 72.0 Å². The molecule has 10 nitrogen and oxygen atoms in total. The van der Waals surface area contributed by atoms with Gasteiger partial charge in [-0.1, -0.05) is 34.6 Å². The third-order valence-corrected chi connectivity index (χ3v) is 11.3. The molecule has 0 radical (unpaired) electrons. The second-order valence-electron chi connectivity index (χ2n) is 13.4. The molecule has 5 aliphatic rings. The van der Waals surface area contributed by atoms with E-state index in [-0.39, 0.29) is 36.4 Å². The molecule has 2 aliphatic heterocycles. The van der Waals surface area contributed by atoms with Crippen molar-refractivity contribution in [3.05, 3.63) is 24.2 Å². The molecule has 1 N–H and O–H groups in total. The molecule has 2 saturated heterocycles. The minimum Gasteiger partial charge on any atom is -0.472 e. The van der Waals surface area contributed by atoms with Crippen LogP contribution in [-0.4, -0.2) is 59.8 Å². The number of methoxy groups -OCH3 is 1. The molecule has 10 heteroatoms. The van der Waals surface area contributed by atoms with Crippen molar-refractivity contribution in [3.63, 3.8) is 0 Å². The second-order valence-corrected chi connectivity index (χ2v) is 13.4. The van der Waals surface area contributed by atoms with E-state index in [1.165, 1.54) is 7.11 Å². The topological polar surface area (TPSA) is 142 Å². The molecule has 5 fully saturated rings. The predicted octanol–water partition coefficient (Wildman–Crippen LogP) is 3.15. The molecule has 0 aromatic carbocycles. The first-order valence-corrected chi connectivity index (χ1v) is 14.2. The van der Waals surface area contributed by atoms with Crippen LogP contribution in [0.2, 0.25) is 0 Å². The van der Waals surface area contributed by atoms with Gasteiger partial charge in [0.1, 0.15) is 29.7 Å². The van der Waals surface area contributed by atoms with Gasteiger partial charge in [-0.2, -0.15) is 0 Å². The van der Waals surface area contributed by atoms with Crippen LogP contribution in [0.3, 0.4) is 0 Å². The molecule has 11 unspecified atom stereocenters. The Hall–Kier alpha value is -2.72. The fraction of sp³-hybridized carbons (Fsp3) is 0.733. The number of Topliss-reactive ketones (excluding diaryl/α,β-unsaturated/α-hetero) is 1. The first-order chi connectivity index (χ1) is 18.8. The highest BCUT2D eigenvalue weighted by molar-refractivity contribution is 5.94. The van der Waals surface area contributed by atoms with Gasteiger partial charge in [0.05, 0.1) is 32.0 Å². The number of rotatable bonds is 5. The summed E-state index contributed by atoms with van der Waals surface area (Å²) in [7, 11) is 1.20. The zero-order valence-corrected chi connectivity index (χ0v) is 23.8. The van der Waals surface area contributed by atoms with Crippen molar-refractivity contribution in [1.82, 2.24) is 0 Å². The summed E-state index contributed by atoms with van der Waals surface area (Å²) in [5.74, 6) is -4.28. The molecule has 3 aliphatic carbocycles. The van der Waals surface area contributed by atoms with E-state index in [1.807, 2.05) is 20.8 Å². The molecule has 6 rings (SSSR count). The maximum atomic E-state index is 14.5. The number of hydrogen-bond donors (Lipinski definition) is 1. The van der Waals surface area contributed by atoms with E-state index in [0.29, 0.717) is 12.8 Å². The van der Waals surface area contributed by atoms with Crippen molar-refractivity contribution in [1.29, 1.82) is 0 Å². The Labute approximate surface area is 233 Å². The minimum absolute atomic E-state index is 0.104. The van der Waals surface area contributed by atoms with Gasteiger partial charge < -0.3 is 28.5 Å². The highest BCUT2D eigenvalue weighted by atomic mass is 16.6. The van der Waals surface area contributed by atoms with Crippen molar-refractivity contribution in [2.24, 2.45) is 39.9 Å². The van der Waals surface area contributed by atoms with Gasteiger partial charge in [-0.3, -0.25) is 14.4 Å². The summed E-state index contributed by atoms with van der Waals surface area (Å²) >= 11 is 0. The third kappa shape index (κ3) is 3.23. The molecule has 40 heavy (non-hydrogen) atoms. The molecule has 3 saturated carbocycles. The Bertz CT molecular complexity index is 1250. The van der Waals surface area contributed by atoms with Crippen LogP contribution in [0, 0.1) is 39.9 Å². The van der Waals surface area contributed by atoms with E-state index in [0.717, 1.165) is 5.56 Å². The van der Waals surface area contributed by atoms with Gasteiger partial charge in [0.2, 0.25) is 0 Å². The van der Waals surface area contributed by atoms with E-state index >= 15 is 0 Å². The quantitative estimate of drug-likeness (QED) is 0.325. The van der Waals surface area contributed by atoms with Gasteiger partial charge >= 0.3 is 17.9 Å². The second kappa shape index (κ2) is 8.64. The van der Waals surface area contributed by atoms with Crippen LogP contribution >= 0.6 is 0 Å². The minimum atomic E-state index is -1.63. The Morgan fingerprint density at radius 3 is 2.52 bits per heavy atom. The van der Waals surface area contributed by atoms with Gasteiger partial charge in [0.15, 0.2) is 6.10 Å². The number of furan rings is 1. The number of aliphatic hydroxyl groups is 1. The molecule has 1 aromatic rings. The van der Waals surface area contributed by atoms with E-state index in [4.69, 9.17) is 23.4 Å². The maximum absolute atomic E-state index is 14.5. The van der Waals surface area contributed by atoms with E-state index in [2.05, 4.69) is 6.92 Å². The molecular weight excluding hydrogens is 520 g/mol. The number of carbonyl (C=O) groups excluding carboxylic acids is 4. The van der Waals surface area contributed by atoms with Crippen molar-refractivity contribution in [2.45, 2.75) is 90.3 Å². The van der Waals surface area contributed by atoms with Crippen molar-refractivity contribution >= 4 is 23.7 Å². The zero-order chi connectivity index (χ0) is 29.0. The number of esters is 3. The lowest BCUT2D eigenvalue weighted by Gasteiger charge is -2.65. The zero-order valence-electron chi connectivity index (χ0n) is 23.8. The Morgan fingerprint density at radius 1 is 1.18 bits per heavy atom. The van der Waals surface area contributed by atoms with E-state index in [9.17, 15) is 24.3 Å². The van der Waals surface area contributed by atoms with Crippen molar-refractivity contribution in [2.75, 3.05) is 7.11 Å². The fourth-order valence-electron chi connectivity index (χ4n) is 9.73. The number of hydrogen-bond acceptors (Lipinski definition) is 10. The van der Waals surface area contributed by atoms with Crippen molar-refractivity contribution < 1.29 is 47.6 Å². The normalized spacial score (nSPS) is 45.2. The van der Waals surface area contributed by atoms with Crippen LogP contribution in [0.25, 0.3) is 0 Å². The number of ether oxygens (including phenoxy) is 4. The van der Waals surface area contributed by atoms with Gasteiger partial charge in [0.25, 0.3) is 0 Å². The lowest BCUT2D eigenvalue weighted by Crippen LogP contribution is -2.74. The summed E-state index contributed by atoms with van der Waals surface area (Å²) in [4.78, 5) is 53.2. The lowest BCUT2D eigenvalue weighted by atomic mass is 9.37. The number of aliphatic hydroxyl groups excluding tert-OH is 1. The molecule has 3 heterocycles. The average Bonchev–Trinajstić information content (AvgIpc) is 3.36. The smallest absolute Gasteiger partial charge is 0.335 e. The highest BCUT2D eigenvalue weighted by Gasteiger charge is 2.86. The maximum Gasteiger partial charge on any atom is 0.335 e. The Balaban J connectivity index is 1.52. The molecule has 2 bridgehead atoms. The van der Waals surface area contributed by atoms with Gasteiger partial charge in [0, 0.05) is 46.0 Å². The lowest BCUT2D eigenvalue weighted by molar-refractivity contribution is -0.232. The summed E-state index contributed by atoms with van der Waals surface area (Å²) in [6, 6.07) is 1.80. The predicted molar refractivity (Wildman–Crippen MR) is 136 cm³/mol. The highest BCUT2D eigenvalue weighted by Crippen LogP contribution is 2.77. The molecule has 1 spiro atoms. The van der Waals surface area contributed by atoms with Crippen LogP contribution in [0.4, 0.5) is 0 Å². The third-order valence-electron chi connectivity index (χ3n) is 11.3. The molecule has 218 valence electrons. The number of carbonyl (C=O) groups is 4. The van der Waals surface area contributed by atoms with Crippen LogP contribution in [0.5, 0.6) is 0 Å². The van der Waals surface area contributed by atoms with Gasteiger partial charge in [-0.05, 0) is 18.9 Å². The summed E-state index contributed by atoms with van der Waals surface area (Å²) in [5.41, 5.74) is -2.83. The number of epoxide rings is 1. The fourth-order valence-corrected chi connectivity index (χ4v) is 9.73. The summed E-state index contributed by atoms with van der Waals surface area (Å²) in [6.07, 6.45) is 0.859. The molecule has 11 atom stereocenters. The number of cyclic esters (lactones) is 1. The van der Waals surface area contributed by atoms with Crippen LogP contribution in [0.15, 0.2) is 23.0 Å². The number of ketones is 1. The van der Waals surface area contributed by atoms with Gasteiger partial charge in [-0.15, -0.1) is 0 Å². The standard InChI is InChI=1S/C30H38O10/c1-7-17(31)38-24-19-22(34)29(5,21(27(24,2)3)20(33)26(35)36-6)15-8-10-28(4)16(30(15)25(19)40-30)12-18(32)39-23(28)14-9-11-37-13-14/h9,11,13,15-16,19-21,23-25,33H,7-8,10,12H2,1-6H3. The summed E-state index contributed by atoms with van der Waals surface area (Å²) < 4.78 is 28.9. The largest absolute Gasteiger partial charge is 0.472 e. The van der Waals surface area contributed by atoms with E-state index < -0.39 is 70.0 Å². The van der Waals surface area contributed by atoms with Crippen LogP contribution < -0.4 is 0 Å². The first kappa shape index (κ1) is 27.4. The summed E-state index contributed by atoms with van der Waals surface area (Å²) in [6.45, 7) is 9.27. The molecular formula is C30H38O10. The molecule has 0 amide bonds. The Kier molecular flexibility index (Phi) is 5.93. The first-order valence-electron chi connectivity index (χ1n) is 14.2. The SMILES string of the molecule is CCC(=O)OC1C2C(=O)C(C)(C(C(O)C(=O)OC)C1(C)C)C1CCC3(C)C(c4ccoc4)OC(=O)CC3C13OC23. The Morgan fingerprint density at radius 2 is 1.90 bits per heavy atom. The van der Waals surface area contributed by atoms with Crippen LogP contribution in [-0.2, 0) is 38.1 Å². The summed E-state index contributed by atoms with van der Waals surface area (Å²) in [5, 5.41) is 11.5.